The number of nitrogens with two attached hydrogens (primary N) is 1. The molecule has 1 aromatic heterocycles. The van der Waals surface area contributed by atoms with Crippen LogP contribution in [0, 0.1) is 0 Å². The normalized spacial score (nSPS) is 10.8. The summed E-state index contributed by atoms with van der Waals surface area (Å²) in [6.45, 7) is 3.27. The van der Waals surface area contributed by atoms with Crippen molar-refractivity contribution >= 4 is 5.91 Å². The Morgan fingerprint density at radius 2 is 2.30 bits per heavy atom. The third kappa shape index (κ3) is 4.30. The number of hydrogen-bond acceptors (Lipinski definition) is 6. The van der Waals surface area contributed by atoms with E-state index in [0.29, 0.717) is 0 Å². The molecule has 0 aliphatic rings. The standard InChI is InChI=1S/C11H15N5O4/c1-11(2,12)5-14-10(19)9-8(18)7(17)3-6(20-9)4-15-16-13/h3,18H,4-5,12H2,1-2H3,(H,14,19). The van der Waals surface area contributed by atoms with Crippen LogP contribution in [0.1, 0.15) is 30.2 Å². The zero-order valence-corrected chi connectivity index (χ0v) is 11.1. The fourth-order valence-electron chi connectivity index (χ4n) is 1.26. The molecule has 0 atom stereocenters. The van der Waals surface area contributed by atoms with E-state index in [0.717, 1.165) is 6.07 Å². The average Bonchev–Trinajstić information content (AvgIpc) is 2.36. The highest BCUT2D eigenvalue weighted by molar-refractivity contribution is 5.93. The second-order valence-corrected chi connectivity index (χ2v) is 4.81. The number of rotatable bonds is 5. The summed E-state index contributed by atoms with van der Waals surface area (Å²) in [5, 5.41) is 15.2. The van der Waals surface area contributed by atoms with Gasteiger partial charge in [-0.2, -0.15) is 0 Å². The van der Waals surface area contributed by atoms with Crippen molar-refractivity contribution in [3.8, 4) is 5.75 Å². The summed E-state index contributed by atoms with van der Waals surface area (Å²) >= 11 is 0. The molecule has 0 saturated heterocycles. The van der Waals surface area contributed by atoms with E-state index >= 15 is 0 Å². The molecule has 9 nitrogen and oxygen atoms in total. The molecule has 0 unspecified atom stereocenters. The van der Waals surface area contributed by atoms with Gasteiger partial charge in [-0.1, -0.05) is 5.11 Å². The Labute approximate surface area is 114 Å². The lowest BCUT2D eigenvalue weighted by Gasteiger charge is -2.18. The fourth-order valence-corrected chi connectivity index (χ4v) is 1.26. The van der Waals surface area contributed by atoms with Gasteiger partial charge in [0.2, 0.25) is 16.9 Å². The van der Waals surface area contributed by atoms with Crippen molar-refractivity contribution in [3.63, 3.8) is 0 Å². The maximum Gasteiger partial charge on any atom is 0.291 e. The van der Waals surface area contributed by atoms with Crippen molar-refractivity contribution < 1.29 is 14.3 Å². The molecule has 0 bridgehead atoms. The third-order valence-corrected chi connectivity index (χ3v) is 2.17. The zero-order valence-electron chi connectivity index (χ0n) is 11.1. The Hall–Kier alpha value is -2.51. The van der Waals surface area contributed by atoms with Gasteiger partial charge in [-0.15, -0.1) is 0 Å². The second kappa shape index (κ2) is 6.09. The van der Waals surface area contributed by atoms with Gasteiger partial charge in [0.05, 0.1) is 6.54 Å². The number of nitrogens with zero attached hydrogens (tertiary/aromatic N) is 3. The van der Waals surface area contributed by atoms with Gasteiger partial charge in [0, 0.05) is 23.1 Å². The van der Waals surface area contributed by atoms with Crippen LogP contribution in [-0.2, 0) is 6.54 Å². The summed E-state index contributed by atoms with van der Waals surface area (Å²) in [7, 11) is 0. The number of nitrogens with one attached hydrogen (secondary N) is 1. The van der Waals surface area contributed by atoms with Crippen LogP contribution < -0.4 is 16.5 Å². The summed E-state index contributed by atoms with van der Waals surface area (Å²) in [5.74, 6) is -2.14. The molecule has 0 spiro atoms. The Balaban J connectivity index is 3.04. The maximum absolute atomic E-state index is 11.8. The van der Waals surface area contributed by atoms with E-state index in [9.17, 15) is 14.7 Å². The third-order valence-electron chi connectivity index (χ3n) is 2.17. The number of azide groups is 1. The highest BCUT2D eigenvalue weighted by Crippen LogP contribution is 2.14. The van der Waals surface area contributed by atoms with E-state index in [4.69, 9.17) is 15.7 Å². The van der Waals surface area contributed by atoms with Gasteiger partial charge in [-0.25, -0.2) is 0 Å². The molecule has 108 valence electrons. The second-order valence-electron chi connectivity index (χ2n) is 4.81. The number of hydrogen-bond donors (Lipinski definition) is 3. The Bertz CT molecular complexity index is 610. The van der Waals surface area contributed by atoms with Gasteiger partial charge in [0.25, 0.3) is 5.91 Å². The van der Waals surface area contributed by atoms with E-state index in [1.807, 2.05) is 0 Å². The molecule has 0 aliphatic heterocycles. The van der Waals surface area contributed by atoms with Crippen LogP contribution in [0.25, 0.3) is 10.4 Å². The van der Waals surface area contributed by atoms with Gasteiger partial charge in [0.15, 0.2) is 0 Å². The molecule has 1 heterocycles. The van der Waals surface area contributed by atoms with Crippen LogP contribution in [0.3, 0.4) is 0 Å². The number of aromatic hydroxyl groups is 1. The minimum atomic E-state index is -0.804. The summed E-state index contributed by atoms with van der Waals surface area (Å²) in [5.41, 5.74) is 12.4. The molecule has 1 rings (SSSR count). The highest BCUT2D eigenvalue weighted by atomic mass is 16.4. The topological polar surface area (TPSA) is 154 Å². The van der Waals surface area contributed by atoms with Crippen LogP contribution in [0.2, 0.25) is 0 Å². The fraction of sp³-hybridized carbons (Fsp3) is 0.455. The van der Waals surface area contributed by atoms with Gasteiger partial charge in [-0.3, -0.25) is 9.59 Å². The van der Waals surface area contributed by atoms with Crippen molar-refractivity contribution in [2.45, 2.75) is 25.9 Å². The van der Waals surface area contributed by atoms with E-state index in [1.54, 1.807) is 13.8 Å². The lowest BCUT2D eigenvalue weighted by molar-refractivity contribution is 0.0908. The van der Waals surface area contributed by atoms with Gasteiger partial charge < -0.3 is 20.6 Å². The van der Waals surface area contributed by atoms with Crippen LogP contribution in [0.5, 0.6) is 5.75 Å². The molecule has 9 heteroatoms. The minimum Gasteiger partial charge on any atom is -0.501 e. The van der Waals surface area contributed by atoms with Crippen molar-refractivity contribution in [2.24, 2.45) is 10.8 Å². The molecule has 0 aliphatic carbocycles. The van der Waals surface area contributed by atoms with Crippen molar-refractivity contribution in [3.05, 3.63) is 38.3 Å². The van der Waals surface area contributed by atoms with Crippen molar-refractivity contribution in [1.29, 1.82) is 0 Å². The monoisotopic (exact) mass is 281 g/mol. The van der Waals surface area contributed by atoms with Crippen LogP contribution in [-0.4, -0.2) is 23.1 Å². The first-order valence-electron chi connectivity index (χ1n) is 5.68. The average molecular weight is 281 g/mol. The first kappa shape index (κ1) is 15.5. The zero-order chi connectivity index (χ0) is 15.3. The number of carbonyl (C=O) groups excluding carboxylic acids is 1. The number of amides is 1. The molecule has 0 fully saturated rings. The molecular weight excluding hydrogens is 266 g/mol. The molecular formula is C11H15N5O4. The summed E-state index contributed by atoms with van der Waals surface area (Å²) in [6, 6.07) is 0.952. The van der Waals surface area contributed by atoms with Gasteiger partial charge >= 0.3 is 0 Å². The highest BCUT2D eigenvalue weighted by Gasteiger charge is 2.20. The molecule has 1 aromatic rings. The number of carbonyl (C=O) groups is 1. The minimum absolute atomic E-state index is 0.0252. The van der Waals surface area contributed by atoms with E-state index in [1.165, 1.54) is 0 Å². The van der Waals surface area contributed by atoms with Crippen molar-refractivity contribution in [2.75, 3.05) is 6.54 Å². The Kier molecular flexibility index (Phi) is 4.73. The van der Waals surface area contributed by atoms with E-state index in [-0.39, 0.29) is 18.8 Å². The maximum atomic E-state index is 11.8. The molecule has 0 radical (unpaired) electrons. The van der Waals surface area contributed by atoms with Gasteiger partial charge in [0.1, 0.15) is 5.76 Å². The summed E-state index contributed by atoms with van der Waals surface area (Å²) in [4.78, 5) is 25.8. The summed E-state index contributed by atoms with van der Waals surface area (Å²) < 4.78 is 5.05. The molecule has 20 heavy (non-hydrogen) atoms. The Morgan fingerprint density at radius 1 is 1.65 bits per heavy atom. The SMILES string of the molecule is CC(C)(N)CNC(=O)c1oc(CN=[N+]=[N-])cc(=O)c1O. The lowest BCUT2D eigenvalue weighted by Crippen LogP contribution is -2.45. The van der Waals surface area contributed by atoms with Crippen LogP contribution in [0.15, 0.2) is 20.4 Å². The van der Waals surface area contributed by atoms with E-state index in [2.05, 4.69) is 15.3 Å². The molecule has 0 saturated carbocycles. The quantitative estimate of drug-likeness (QED) is 0.410. The molecule has 0 aromatic carbocycles. The smallest absolute Gasteiger partial charge is 0.291 e. The van der Waals surface area contributed by atoms with Crippen molar-refractivity contribution in [1.82, 2.24) is 5.32 Å². The van der Waals surface area contributed by atoms with Crippen LogP contribution >= 0.6 is 0 Å². The largest absolute Gasteiger partial charge is 0.501 e. The molecule has 4 N–H and O–H groups in total. The van der Waals surface area contributed by atoms with Gasteiger partial charge in [-0.05, 0) is 19.4 Å². The first-order valence-corrected chi connectivity index (χ1v) is 5.68. The predicted octanol–water partition coefficient (Wildman–Crippen LogP) is 0.623. The predicted molar refractivity (Wildman–Crippen MR) is 70.1 cm³/mol. The first-order chi connectivity index (χ1) is 9.24. The Morgan fingerprint density at radius 3 is 2.85 bits per heavy atom. The van der Waals surface area contributed by atoms with Crippen LogP contribution in [0.4, 0.5) is 0 Å². The summed E-state index contributed by atoms with van der Waals surface area (Å²) in [6.07, 6.45) is 0. The molecule has 1 amide bonds. The van der Waals surface area contributed by atoms with E-state index < -0.39 is 28.4 Å². The lowest BCUT2D eigenvalue weighted by atomic mass is 10.1.